The maximum atomic E-state index is 12.8. The van der Waals surface area contributed by atoms with E-state index in [4.69, 9.17) is 63.6 Å². The summed E-state index contributed by atoms with van der Waals surface area (Å²) in [6, 6.07) is 19.1. The number of aliphatic carboxylic acids is 2. The van der Waals surface area contributed by atoms with Crippen molar-refractivity contribution < 1.29 is 164 Å². The molecule has 1 heterocycles. The summed E-state index contributed by atoms with van der Waals surface area (Å²) in [5, 5.41) is 26.8. The van der Waals surface area contributed by atoms with Crippen molar-refractivity contribution in [2.24, 2.45) is 0 Å². The number of hydrogen-bond acceptors (Lipinski definition) is 21. The standard InChI is InChI=1S/C57H110O17P2.C21H26ClNO.C4H4O4.2Na/c1-5-9-13-17-21-25-29-33-37-41-54(59)67-47-52(73-56(61)43-39-35-31-27-23-19-15-11-7-3)49-71-75(63,64)69-45-51(58)46-70-76(65,66)72-50-53(74-57(62)44-40-36-32-28-24-20-16-12-8-4)48-68-55(60)42-38-34-30-26-22-18-14-10-6-2;1-21(17-7-4-3-5-8-17,18-10-12-19(22)13-11-18)24-16-14-20-9-6-15-23(20)2;5-3(6)1-2-4(7)8;;/h51-53,58H,5-50H2,1-4H3,(H,63,64)(H,65,66);3-5,7-8,10-13,20H,6,9,14-16H2,1-2H3;1-2H,(H,5,6)(H,7,8);;/q;;;2*+1/p-2. The Morgan fingerprint density at radius 2 is 0.791 bits per heavy atom. The normalized spacial score (nSPS) is 15.2. The molecule has 0 radical (unpaired) electrons. The van der Waals surface area contributed by atoms with Crippen molar-refractivity contribution in [1.82, 2.24) is 4.90 Å². The number of ether oxygens (including phenoxy) is 5. The van der Waals surface area contributed by atoms with Crippen molar-refractivity contribution in [3.63, 3.8) is 0 Å². The van der Waals surface area contributed by atoms with Gasteiger partial charge < -0.3 is 71.8 Å². The summed E-state index contributed by atoms with van der Waals surface area (Å²) in [4.78, 5) is 97.8. The molecule has 1 aliphatic heterocycles. The molecule has 0 aliphatic carbocycles. The third kappa shape index (κ3) is 62.7. The van der Waals surface area contributed by atoms with Crippen LogP contribution in [0.3, 0.4) is 0 Å². The number of aliphatic hydroxyl groups excluding tert-OH is 1. The number of rotatable bonds is 66. The van der Waals surface area contributed by atoms with Crippen LogP contribution in [0, 0.1) is 0 Å². The van der Waals surface area contributed by atoms with Gasteiger partial charge >= 0.3 is 94.9 Å². The van der Waals surface area contributed by atoms with Crippen LogP contribution in [0.4, 0.5) is 0 Å². The van der Waals surface area contributed by atoms with E-state index in [9.17, 15) is 52.8 Å². The average molecular weight is 1630 g/mol. The molecular formula is C82H138ClNNa2O22P2. The SMILES string of the molecule is CCCCCCCCCCCC(=O)OCC(COP(=O)([O-])OCC(O)COP(=O)([O-])OCC(COC(=O)CCCCCCCCCCC)OC(=O)CCCCCCCCCCC)OC(=O)CCCCCCCCCCC.CN1CCCC1CCOC(C)(c1ccccc1)c1ccc(Cl)cc1.O=C(O)C=CC(=O)O.[Na+].[Na+]. The summed E-state index contributed by atoms with van der Waals surface area (Å²) in [7, 11) is -8.18. The van der Waals surface area contributed by atoms with Crippen LogP contribution >= 0.6 is 27.2 Å². The number of carbonyl (C=O) groups excluding carboxylic acids is 4. The van der Waals surface area contributed by atoms with Gasteiger partial charge in [0, 0.05) is 55.5 Å². The molecule has 3 N–H and O–H groups in total. The van der Waals surface area contributed by atoms with Gasteiger partial charge in [-0.25, -0.2) is 9.59 Å². The van der Waals surface area contributed by atoms with Crippen molar-refractivity contribution in [2.45, 2.75) is 341 Å². The molecule has 1 saturated heterocycles. The van der Waals surface area contributed by atoms with Crippen LogP contribution in [0.25, 0.3) is 0 Å². The summed E-state index contributed by atoms with van der Waals surface area (Å²) in [5.41, 5.74) is 1.85. The van der Waals surface area contributed by atoms with Gasteiger partial charge in [0.2, 0.25) is 0 Å². The Kier molecular flexibility index (Phi) is 71.3. The number of nitrogens with zero attached hydrogens (tertiary/aromatic N) is 1. The van der Waals surface area contributed by atoms with Crippen LogP contribution in [0.1, 0.15) is 322 Å². The van der Waals surface area contributed by atoms with Gasteiger partial charge in [0.05, 0.1) is 26.4 Å². The number of carbonyl (C=O) groups is 6. The van der Waals surface area contributed by atoms with E-state index in [-0.39, 0.29) is 84.8 Å². The molecule has 28 heteroatoms. The Bertz CT molecular complexity index is 2640. The van der Waals surface area contributed by atoms with Crippen LogP contribution in [0.5, 0.6) is 0 Å². The van der Waals surface area contributed by atoms with E-state index in [2.05, 4.69) is 83.0 Å². The molecule has 0 aromatic heterocycles. The van der Waals surface area contributed by atoms with E-state index in [0.717, 1.165) is 126 Å². The molecule has 622 valence electrons. The number of esters is 4. The number of hydrogen-bond donors (Lipinski definition) is 3. The number of phosphoric acid groups is 2. The molecule has 0 amide bonds. The zero-order valence-corrected chi connectivity index (χ0v) is 75.1. The molecule has 2 aromatic rings. The fourth-order valence-electron chi connectivity index (χ4n) is 12.1. The van der Waals surface area contributed by atoms with Crippen molar-refractivity contribution in [3.8, 4) is 0 Å². The minimum Gasteiger partial charge on any atom is -0.756 e. The summed E-state index contributed by atoms with van der Waals surface area (Å²) in [6.07, 6.45) is 39.0. The van der Waals surface area contributed by atoms with Crippen LogP contribution in [-0.4, -0.2) is 140 Å². The van der Waals surface area contributed by atoms with Gasteiger partial charge in [-0.05, 0) is 88.7 Å². The van der Waals surface area contributed by atoms with Crippen LogP contribution in [0.2, 0.25) is 5.02 Å². The Morgan fingerprint density at radius 1 is 0.482 bits per heavy atom. The zero-order valence-electron chi connectivity index (χ0n) is 68.5. The van der Waals surface area contributed by atoms with Crippen LogP contribution < -0.4 is 68.9 Å². The van der Waals surface area contributed by atoms with E-state index in [1.54, 1.807) is 0 Å². The number of aliphatic hydroxyl groups is 1. The first kappa shape index (κ1) is 109. The average Bonchev–Trinajstić information content (AvgIpc) is 0.813. The first-order chi connectivity index (χ1) is 51.9. The second kappa shape index (κ2) is 71.7. The monoisotopic (exact) mass is 1630 g/mol. The van der Waals surface area contributed by atoms with E-state index >= 15 is 0 Å². The van der Waals surface area contributed by atoms with E-state index in [0.29, 0.717) is 43.9 Å². The second-order valence-electron chi connectivity index (χ2n) is 28.5. The Labute approximate surface area is 709 Å². The van der Waals surface area contributed by atoms with Crippen LogP contribution in [0.15, 0.2) is 66.7 Å². The van der Waals surface area contributed by atoms with Gasteiger partial charge in [-0.3, -0.25) is 28.3 Å². The van der Waals surface area contributed by atoms with Crippen molar-refractivity contribution in [2.75, 3.05) is 59.8 Å². The maximum absolute atomic E-state index is 12.8. The molecule has 1 aliphatic rings. The predicted octanol–water partition coefficient (Wildman–Crippen LogP) is 12.8. The number of phosphoric ester groups is 2. The van der Waals surface area contributed by atoms with Crippen LogP contribution in [-0.2, 0) is 85.3 Å². The fourth-order valence-corrected chi connectivity index (χ4v) is 13.8. The number of benzene rings is 2. The second-order valence-corrected chi connectivity index (χ2v) is 31.7. The number of unbranched alkanes of at least 4 members (excludes halogenated alkanes) is 32. The molecule has 23 nitrogen and oxygen atoms in total. The zero-order chi connectivity index (χ0) is 79.8. The smallest absolute Gasteiger partial charge is 0.756 e. The summed E-state index contributed by atoms with van der Waals surface area (Å²) >= 11 is 6.07. The fraction of sp³-hybridized carbons (Fsp3) is 0.756. The summed E-state index contributed by atoms with van der Waals surface area (Å²) in [5.74, 6) is -4.75. The Balaban J connectivity index is 0. The van der Waals surface area contributed by atoms with Gasteiger partial charge in [-0.2, -0.15) is 0 Å². The Morgan fingerprint density at radius 3 is 1.11 bits per heavy atom. The quantitative estimate of drug-likeness (QED) is 0.0138. The number of likely N-dealkylation sites (tertiary alicyclic amines) is 1. The molecule has 1 fully saturated rings. The molecule has 0 spiro atoms. The van der Waals surface area contributed by atoms with Gasteiger partial charge in [0.15, 0.2) is 12.2 Å². The van der Waals surface area contributed by atoms with Gasteiger partial charge in [0.25, 0.3) is 15.6 Å². The van der Waals surface area contributed by atoms with E-state index in [1.807, 2.05) is 18.2 Å². The summed E-state index contributed by atoms with van der Waals surface area (Å²) in [6.45, 7) is 8.48. The molecule has 6 unspecified atom stereocenters. The number of halogens is 1. The first-order valence-electron chi connectivity index (χ1n) is 40.8. The van der Waals surface area contributed by atoms with Gasteiger partial charge in [0.1, 0.15) is 24.9 Å². The maximum Gasteiger partial charge on any atom is 1.00 e. The van der Waals surface area contributed by atoms with Gasteiger partial charge in [-0.1, -0.05) is 287 Å². The molecule has 6 atom stereocenters. The number of carboxylic acid groups (broad SMARTS) is 2. The summed E-state index contributed by atoms with van der Waals surface area (Å²) < 4.78 is 73.2. The van der Waals surface area contributed by atoms with Gasteiger partial charge in [-0.15, -0.1) is 0 Å². The van der Waals surface area contributed by atoms with E-state index < -0.39 is 115 Å². The molecular weight excluding hydrogens is 1490 g/mol. The van der Waals surface area contributed by atoms with Crippen molar-refractivity contribution >= 4 is 63.1 Å². The largest absolute Gasteiger partial charge is 1.00 e. The predicted molar refractivity (Wildman–Crippen MR) is 419 cm³/mol. The van der Waals surface area contributed by atoms with Crippen molar-refractivity contribution in [3.05, 3.63) is 82.9 Å². The first-order valence-corrected chi connectivity index (χ1v) is 44.1. The molecule has 0 saturated carbocycles. The molecule has 3 rings (SSSR count). The number of carboxylic acids is 2. The third-order valence-corrected chi connectivity index (χ3v) is 20.8. The molecule has 0 bridgehead atoms. The minimum atomic E-state index is -5.20. The third-order valence-electron chi connectivity index (χ3n) is 18.7. The van der Waals surface area contributed by atoms with Crippen molar-refractivity contribution in [1.29, 1.82) is 0 Å². The topological polar surface area (TPSA) is 330 Å². The minimum absolute atomic E-state index is 0. The molecule has 2 aromatic carbocycles. The van der Waals surface area contributed by atoms with E-state index in [1.165, 1.54) is 128 Å². The Hall–Kier alpha value is -2.61. The molecule has 110 heavy (non-hydrogen) atoms.